The summed E-state index contributed by atoms with van der Waals surface area (Å²) in [6, 6.07) is 0. The van der Waals surface area contributed by atoms with Crippen molar-refractivity contribution in [3.63, 3.8) is 0 Å². The second-order valence-corrected chi connectivity index (χ2v) is 7.05. The third kappa shape index (κ3) is 1.72. The molecule has 3 fully saturated rings. The van der Waals surface area contributed by atoms with Gasteiger partial charge in [-0.25, -0.2) is 0 Å². The molecular weight excluding hydrogens is 196 g/mol. The summed E-state index contributed by atoms with van der Waals surface area (Å²) < 4.78 is 0. The van der Waals surface area contributed by atoms with Crippen LogP contribution in [0.15, 0.2) is 0 Å². The van der Waals surface area contributed by atoms with Crippen LogP contribution in [-0.4, -0.2) is 11.2 Å². The molecule has 2 bridgehead atoms. The van der Waals surface area contributed by atoms with Crippen LogP contribution in [0.4, 0.5) is 0 Å². The summed E-state index contributed by atoms with van der Waals surface area (Å²) in [6.07, 6.45) is 8.39. The van der Waals surface area contributed by atoms with Crippen LogP contribution in [0.1, 0.15) is 52.4 Å². The van der Waals surface area contributed by atoms with E-state index in [-0.39, 0.29) is 6.10 Å². The molecule has 3 saturated carbocycles. The summed E-state index contributed by atoms with van der Waals surface area (Å²) in [6.45, 7) is 4.63. The van der Waals surface area contributed by atoms with E-state index in [0.717, 1.165) is 23.7 Å². The molecular formula is C15H26O. The second-order valence-electron chi connectivity index (χ2n) is 7.05. The van der Waals surface area contributed by atoms with Crippen molar-refractivity contribution < 1.29 is 5.11 Å². The van der Waals surface area contributed by atoms with Crippen LogP contribution in [-0.2, 0) is 0 Å². The van der Waals surface area contributed by atoms with Gasteiger partial charge in [-0.1, -0.05) is 20.3 Å². The Hall–Kier alpha value is -0.0400. The molecule has 0 aliphatic heterocycles. The molecule has 16 heavy (non-hydrogen) atoms. The maximum atomic E-state index is 10.4. The predicted molar refractivity (Wildman–Crippen MR) is 66.0 cm³/mol. The summed E-state index contributed by atoms with van der Waals surface area (Å²) in [4.78, 5) is 0. The average molecular weight is 222 g/mol. The maximum Gasteiger partial charge on any atom is 0.0596 e. The third-order valence-electron chi connectivity index (χ3n) is 5.81. The molecule has 0 aromatic rings. The van der Waals surface area contributed by atoms with Gasteiger partial charge in [0.2, 0.25) is 0 Å². The fourth-order valence-corrected chi connectivity index (χ4v) is 5.14. The monoisotopic (exact) mass is 222 g/mol. The SMILES string of the molecule is C[C@@H]1C[C@H]([C@H]2C[C@@H]3CC[C@@H]2C3)[C@@H](O)[C@@H](C)C1. The van der Waals surface area contributed by atoms with Crippen LogP contribution in [0.3, 0.4) is 0 Å². The summed E-state index contributed by atoms with van der Waals surface area (Å²) in [7, 11) is 0. The Morgan fingerprint density at radius 1 is 0.875 bits per heavy atom. The fourth-order valence-electron chi connectivity index (χ4n) is 5.14. The van der Waals surface area contributed by atoms with Gasteiger partial charge in [-0.3, -0.25) is 0 Å². The first kappa shape index (κ1) is 11.1. The molecule has 0 heterocycles. The Labute approximate surface area is 99.6 Å². The molecule has 0 aromatic heterocycles. The van der Waals surface area contributed by atoms with Crippen molar-refractivity contribution in [2.75, 3.05) is 0 Å². The highest BCUT2D eigenvalue weighted by molar-refractivity contribution is 4.97. The second kappa shape index (κ2) is 4.01. The van der Waals surface area contributed by atoms with E-state index in [1.807, 2.05) is 0 Å². The molecule has 0 amide bonds. The molecule has 0 aromatic carbocycles. The number of rotatable bonds is 1. The Morgan fingerprint density at radius 3 is 2.31 bits per heavy atom. The average Bonchev–Trinajstić information content (AvgIpc) is 2.84. The van der Waals surface area contributed by atoms with E-state index >= 15 is 0 Å². The summed E-state index contributed by atoms with van der Waals surface area (Å²) in [5.74, 6) is 4.88. The standard InChI is InChI=1S/C15H26O/c1-9-5-10(2)15(16)14(6-9)13-8-11-3-4-12(13)7-11/h9-16H,3-8H2,1-2H3/t9-,10-,11+,12+,13-,14+,15-/m0/s1. The van der Waals surface area contributed by atoms with Gasteiger partial charge < -0.3 is 5.11 Å². The quantitative estimate of drug-likeness (QED) is 0.720. The van der Waals surface area contributed by atoms with E-state index in [4.69, 9.17) is 0 Å². The van der Waals surface area contributed by atoms with Crippen LogP contribution < -0.4 is 0 Å². The normalized spacial score (nSPS) is 56.8. The van der Waals surface area contributed by atoms with Gasteiger partial charge >= 0.3 is 0 Å². The van der Waals surface area contributed by atoms with Crippen LogP contribution >= 0.6 is 0 Å². The lowest BCUT2D eigenvalue weighted by atomic mass is 9.66. The van der Waals surface area contributed by atoms with E-state index in [1.165, 1.54) is 38.5 Å². The van der Waals surface area contributed by atoms with Crippen LogP contribution in [0.25, 0.3) is 0 Å². The van der Waals surface area contributed by atoms with Crippen molar-refractivity contribution in [1.29, 1.82) is 0 Å². The van der Waals surface area contributed by atoms with Crippen LogP contribution in [0.5, 0.6) is 0 Å². The minimum atomic E-state index is 0.000509. The van der Waals surface area contributed by atoms with E-state index in [2.05, 4.69) is 13.8 Å². The van der Waals surface area contributed by atoms with Crippen molar-refractivity contribution in [1.82, 2.24) is 0 Å². The molecule has 7 atom stereocenters. The Balaban J connectivity index is 1.73. The molecule has 0 radical (unpaired) electrons. The first-order valence-corrected chi connectivity index (χ1v) is 7.33. The lowest BCUT2D eigenvalue weighted by Gasteiger charge is -2.42. The number of aliphatic hydroxyl groups excluding tert-OH is 1. The number of aliphatic hydroxyl groups is 1. The molecule has 3 aliphatic carbocycles. The van der Waals surface area contributed by atoms with E-state index in [1.54, 1.807) is 0 Å². The Bertz CT molecular complexity index is 262. The molecule has 1 N–H and O–H groups in total. The molecule has 1 nitrogen and oxygen atoms in total. The predicted octanol–water partition coefficient (Wildman–Crippen LogP) is 3.47. The minimum absolute atomic E-state index is 0.000509. The Morgan fingerprint density at radius 2 is 1.69 bits per heavy atom. The van der Waals surface area contributed by atoms with Crippen molar-refractivity contribution in [2.45, 2.75) is 58.5 Å². The van der Waals surface area contributed by atoms with Gasteiger partial charge in [0.15, 0.2) is 0 Å². The zero-order chi connectivity index (χ0) is 11.3. The smallest absolute Gasteiger partial charge is 0.0596 e. The zero-order valence-corrected chi connectivity index (χ0v) is 10.7. The first-order chi connectivity index (χ1) is 7.65. The van der Waals surface area contributed by atoms with E-state index < -0.39 is 0 Å². The molecule has 1 heteroatoms. The van der Waals surface area contributed by atoms with Gasteiger partial charge in [-0.2, -0.15) is 0 Å². The highest BCUT2D eigenvalue weighted by Gasteiger charge is 2.47. The molecule has 0 unspecified atom stereocenters. The van der Waals surface area contributed by atoms with Crippen molar-refractivity contribution in [3.05, 3.63) is 0 Å². The molecule has 3 aliphatic rings. The number of fused-ring (bicyclic) bond motifs is 2. The van der Waals surface area contributed by atoms with Crippen molar-refractivity contribution >= 4 is 0 Å². The van der Waals surface area contributed by atoms with Gasteiger partial charge in [0.25, 0.3) is 0 Å². The van der Waals surface area contributed by atoms with E-state index in [0.29, 0.717) is 11.8 Å². The van der Waals surface area contributed by atoms with Crippen molar-refractivity contribution in [3.8, 4) is 0 Å². The van der Waals surface area contributed by atoms with Gasteiger partial charge in [0.1, 0.15) is 0 Å². The molecule has 92 valence electrons. The van der Waals surface area contributed by atoms with Gasteiger partial charge in [-0.05, 0) is 67.6 Å². The minimum Gasteiger partial charge on any atom is -0.393 e. The lowest BCUT2D eigenvalue weighted by molar-refractivity contribution is -0.0312. The topological polar surface area (TPSA) is 20.2 Å². The fraction of sp³-hybridized carbons (Fsp3) is 1.00. The maximum absolute atomic E-state index is 10.4. The molecule has 0 saturated heterocycles. The lowest BCUT2D eigenvalue weighted by Crippen LogP contribution is -2.40. The van der Waals surface area contributed by atoms with Crippen LogP contribution in [0.2, 0.25) is 0 Å². The highest BCUT2D eigenvalue weighted by Crippen LogP contribution is 2.54. The van der Waals surface area contributed by atoms with Gasteiger partial charge in [0, 0.05) is 0 Å². The molecule has 3 rings (SSSR count). The summed E-state index contributed by atoms with van der Waals surface area (Å²) in [5.41, 5.74) is 0. The summed E-state index contributed by atoms with van der Waals surface area (Å²) in [5, 5.41) is 10.4. The zero-order valence-electron chi connectivity index (χ0n) is 10.7. The number of hydrogen-bond acceptors (Lipinski definition) is 1. The molecule has 0 spiro atoms. The summed E-state index contributed by atoms with van der Waals surface area (Å²) >= 11 is 0. The van der Waals surface area contributed by atoms with Gasteiger partial charge in [-0.15, -0.1) is 0 Å². The largest absolute Gasteiger partial charge is 0.393 e. The first-order valence-electron chi connectivity index (χ1n) is 7.33. The highest BCUT2D eigenvalue weighted by atomic mass is 16.3. The van der Waals surface area contributed by atoms with Gasteiger partial charge in [0.05, 0.1) is 6.10 Å². The van der Waals surface area contributed by atoms with Crippen molar-refractivity contribution in [2.24, 2.45) is 35.5 Å². The Kier molecular flexibility index (Phi) is 2.78. The number of hydrogen-bond donors (Lipinski definition) is 1. The van der Waals surface area contributed by atoms with E-state index in [9.17, 15) is 5.11 Å². The third-order valence-corrected chi connectivity index (χ3v) is 5.81. The van der Waals surface area contributed by atoms with Crippen LogP contribution in [0, 0.1) is 35.5 Å².